The second-order valence-corrected chi connectivity index (χ2v) is 8.89. The number of para-hydroxylation sites is 1. The van der Waals surface area contributed by atoms with E-state index in [-0.39, 0.29) is 0 Å². The van der Waals surface area contributed by atoms with Crippen molar-refractivity contribution < 1.29 is 0 Å². The molecule has 4 aromatic rings. The Hall–Kier alpha value is -3.09. The summed E-state index contributed by atoms with van der Waals surface area (Å²) < 4.78 is 4.88. The quantitative estimate of drug-likeness (QED) is 0.355. The molecule has 0 atom stereocenters. The summed E-state index contributed by atoms with van der Waals surface area (Å²) in [7, 11) is 0. The third-order valence-electron chi connectivity index (χ3n) is 6.49. The highest BCUT2D eigenvalue weighted by Gasteiger charge is 2.22. The smallest absolute Gasteiger partial charge is 0.204 e. The average molecular weight is 456 g/mol. The molecule has 5 rings (SSSR count). The van der Waals surface area contributed by atoms with Crippen LogP contribution in [0.2, 0.25) is 0 Å². The number of fused-ring (bicyclic) bond motifs is 1. The molecule has 0 fully saturated rings. The first-order chi connectivity index (χ1) is 16.2. The number of aryl methyl sites for hydroxylation is 2. The maximum atomic E-state index is 6.07. The van der Waals surface area contributed by atoms with E-state index >= 15 is 0 Å². The molecule has 0 unspecified atom stereocenters. The summed E-state index contributed by atoms with van der Waals surface area (Å²) in [6.45, 7) is 6.98. The molecular weight excluding hydrogens is 426 g/mol. The molecule has 5 nitrogen and oxygen atoms in total. The van der Waals surface area contributed by atoms with Crippen molar-refractivity contribution >= 4 is 12.2 Å². The van der Waals surface area contributed by atoms with E-state index in [1.54, 1.807) is 6.20 Å². The molecule has 3 heterocycles. The van der Waals surface area contributed by atoms with E-state index in [2.05, 4.69) is 76.8 Å². The Morgan fingerprint density at radius 2 is 1.67 bits per heavy atom. The van der Waals surface area contributed by atoms with Gasteiger partial charge in [-0.25, -0.2) is 4.68 Å². The molecule has 0 saturated carbocycles. The summed E-state index contributed by atoms with van der Waals surface area (Å²) in [4.78, 5) is 6.78. The van der Waals surface area contributed by atoms with Crippen LogP contribution in [0.15, 0.2) is 67.0 Å². The van der Waals surface area contributed by atoms with E-state index in [1.165, 1.54) is 27.9 Å². The van der Waals surface area contributed by atoms with Gasteiger partial charge < -0.3 is 0 Å². The molecule has 2 aromatic heterocycles. The zero-order valence-electron chi connectivity index (χ0n) is 19.2. The molecule has 1 aliphatic rings. The molecule has 6 heteroatoms. The van der Waals surface area contributed by atoms with E-state index in [0.29, 0.717) is 6.67 Å². The minimum absolute atomic E-state index is 0.670. The van der Waals surface area contributed by atoms with Gasteiger partial charge in [-0.15, -0.1) is 5.10 Å². The predicted molar refractivity (Wildman–Crippen MR) is 135 cm³/mol. The number of pyridine rings is 1. The Morgan fingerprint density at radius 3 is 2.36 bits per heavy atom. The zero-order valence-corrected chi connectivity index (χ0v) is 20.1. The SMILES string of the molecule is CCc1cccc(CC)c1-n1c(-c2cccnc2)nn(CN2CCc3ccccc3C2)c1=S. The third-order valence-corrected chi connectivity index (χ3v) is 6.88. The molecule has 0 bridgehead atoms. The summed E-state index contributed by atoms with van der Waals surface area (Å²) in [6, 6.07) is 19.3. The lowest BCUT2D eigenvalue weighted by Crippen LogP contribution is -2.32. The lowest BCUT2D eigenvalue weighted by atomic mass is 10.0. The van der Waals surface area contributed by atoms with Crippen molar-refractivity contribution in [1.29, 1.82) is 0 Å². The lowest BCUT2D eigenvalue weighted by molar-refractivity contribution is 0.188. The third kappa shape index (κ3) is 4.16. The summed E-state index contributed by atoms with van der Waals surface area (Å²) >= 11 is 6.07. The second-order valence-electron chi connectivity index (χ2n) is 8.53. The van der Waals surface area contributed by atoms with E-state index in [4.69, 9.17) is 17.3 Å². The van der Waals surface area contributed by atoms with Crippen LogP contribution in [-0.4, -0.2) is 30.8 Å². The van der Waals surface area contributed by atoms with Gasteiger partial charge in [0.05, 0.1) is 12.4 Å². The Kier molecular flexibility index (Phi) is 6.20. The highest BCUT2D eigenvalue weighted by atomic mass is 32.1. The van der Waals surface area contributed by atoms with Crippen molar-refractivity contribution in [2.75, 3.05) is 6.54 Å². The first-order valence-corrected chi connectivity index (χ1v) is 12.1. The first-order valence-electron chi connectivity index (χ1n) is 11.7. The van der Waals surface area contributed by atoms with Gasteiger partial charge in [0.1, 0.15) is 0 Å². The molecule has 2 aromatic carbocycles. The summed E-state index contributed by atoms with van der Waals surface area (Å²) in [5, 5.41) is 5.05. The topological polar surface area (TPSA) is 38.9 Å². The summed E-state index contributed by atoms with van der Waals surface area (Å²) in [5.41, 5.74) is 7.54. The molecule has 0 radical (unpaired) electrons. The van der Waals surface area contributed by atoms with Crippen LogP contribution in [0.25, 0.3) is 17.1 Å². The van der Waals surface area contributed by atoms with Crippen LogP contribution < -0.4 is 0 Å². The zero-order chi connectivity index (χ0) is 22.8. The number of nitrogens with zero attached hydrogens (tertiary/aromatic N) is 5. The Labute approximate surface area is 200 Å². The van der Waals surface area contributed by atoms with Crippen molar-refractivity contribution in [3.8, 4) is 17.1 Å². The number of hydrogen-bond donors (Lipinski definition) is 0. The number of benzene rings is 2. The van der Waals surface area contributed by atoms with Crippen LogP contribution in [0, 0.1) is 4.77 Å². The Morgan fingerprint density at radius 1 is 0.909 bits per heavy atom. The fraction of sp³-hybridized carbons (Fsp3) is 0.296. The van der Waals surface area contributed by atoms with Gasteiger partial charge in [0.2, 0.25) is 4.77 Å². The monoisotopic (exact) mass is 455 g/mol. The van der Waals surface area contributed by atoms with E-state index in [9.17, 15) is 0 Å². The van der Waals surface area contributed by atoms with Crippen LogP contribution in [0.1, 0.15) is 36.1 Å². The molecule has 0 N–H and O–H groups in total. The molecule has 1 aliphatic heterocycles. The van der Waals surface area contributed by atoms with E-state index in [0.717, 1.165) is 48.5 Å². The Bertz CT molecular complexity index is 1300. The largest absolute Gasteiger partial charge is 0.280 e. The maximum Gasteiger partial charge on any atom is 0.204 e. The van der Waals surface area contributed by atoms with Crippen LogP contribution in [0.4, 0.5) is 0 Å². The normalized spacial score (nSPS) is 13.8. The fourth-order valence-electron chi connectivity index (χ4n) is 4.75. The van der Waals surface area contributed by atoms with Gasteiger partial charge in [-0.2, -0.15) is 0 Å². The van der Waals surface area contributed by atoms with Crippen molar-refractivity contribution in [1.82, 2.24) is 24.2 Å². The van der Waals surface area contributed by atoms with Crippen molar-refractivity contribution in [3.05, 3.63) is 94.0 Å². The number of rotatable bonds is 6. The van der Waals surface area contributed by atoms with Gasteiger partial charge in [0.15, 0.2) is 5.82 Å². The predicted octanol–water partition coefficient (Wildman–Crippen LogP) is 5.61. The molecule has 0 saturated heterocycles. The van der Waals surface area contributed by atoms with Gasteiger partial charge >= 0.3 is 0 Å². The summed E-state index contributed by atoms with van der Waals surface area (Å²) in [5.74, 6) is 0.848. The summed E-state index contributed by atoms with van der Waals surface area (Å²) in [6.07, 6.45) is 6.59. The van der Waals surface area contributed by atoms with Crippen LogP contribution in [-0.2, 0) is 32.5 Å². The molecule has 0 aliphatic carbocycles. The fourth-order valence-corrected chi connectivity index (χ4v) is 5.03. The lowest BCUT2D eigenvalue weighted by Gasteiger charge is -2.28. The minimum Gasteiger partial charge on any atom is -0.280 e. The molecule has 33 heavy (non-hydrogen) atoms. The van der Waals surface area contributed by atoms with Gasteiger partial charge in [-0.3, -0.25) is 14.5 Å². The molecule has 0 spiro atoms. The van der Waals surface area contributed by atoms with Crippen LogP contribution in [0.5, 0.6) is 0 Å². The van der Waals surface area contributed by atoms with Gasteiger partial charge in [-0.1, -0.05) is 56.3 Å². The molecule has 0 amide bonds. The number of aromatic nitrogens is 4. The van der Waals surface area contributed by atoms with Gasteiger partial charge in [-0.05, 0) is 65.9 Å². The van der Waals surface area contributed by atoms with Crippen LogP contribution in [0.3, 0.4) is 0 Å². The van der Waals surface area contributed by atoms with Crippen LogP contribution >= 0.6 is 12.2 Å². The van der Waals surface area contributed by atoms with Crippen molar-refractivity contribution in [2.45, 2.75) is 46.3 Å². The van der Waals surface area contributed by atoms with E-state index < -0.39 is 0 Å². The number of hydrogen-bond acceptors (Lipinski definition) is 4. The second kappa shape index (κ2) is 9.41. The van der Waals surface area contributed by atoms with Crippen molar-refractivity contribution in [3.63, 3.8) is 0 Å². The van der Waals surface area contributed by atoms with Crippen molar-refractivity contribution in [2.24, 2.45) is 0 Å². The average Bonchev–Trinajstić information content (AvgIpc) is 3.19. The first kappa shape index (κ1) is 21.7. The van der Waals surface area contributed by atoms with Gasteiger partial charge in [0.25, 0.3) is 0 Å². The highest BCUT2D eigenvalue weighted by Crippen LogP contribution is 2.28. The minimum atomic E-state index is 0.670. The maximum absolute atomic E-state index is 6.07. The highest BCUT2D eigenvalue weighted by molar-refractivity contribution is 7.71. The molecule has 168 valence electrons. The molecular formula is C27H29N5S. The Balaban J connectivity index is 1.61. The van der Waals surface area contributed by atoms with E-state index in [1.807, 2.05) is 16.9 Å². The standard InChI is InChI=1S/C27H29N5S/c1-3-20-11-7-12-21(4-2)25(20)32-26(23-13-8-15-28-17-23)29-31(27(32)33)19-30-16-14-22-9-5-6-10-24(22)18-30/h5-13,15,17H,3-4,14,16,18-19H2,1-2H3. The van der Waals surface area contributed by atoms with Gasteiger partial charge in [0, 0.05) is 31.0 Å².